The molecule has 2 aromatic rings. The van der Waals surface area contributed by atoms with Crippen LogP contribution in [0.25, 0.3) is 10.9 Å². The van der Waals surface area contributed by atoms with Gasteiger partial charge in [0.25, 0.3) is 5.56 Å². The van der Waals surface area contributed by atoms with E-state index in [1.165, 1.54) is 0 Å². The van der Waals surface area contributed by atoms with E-state index in [2.05, 4.69) is 9.97 Å². The van der Waals surface area contributed by atoms with Gasteiger partial charge in [0.15, 0.2) is 5.82 Å². The lowest BCUT2D eigenvalue weighted by Crippen LogP contribution is -2.09. The van der Waals surface area contributed by atoms with E-state index in [1.54, 1.807) is 0 Å². The van der Waals surface area contributed by atoms with Crippen molar-refractivity contribution in [1.29, 1.82) is 0 Å². The van der Waals surface area contributed by atoms with E-state index in [-0.39, 0.29) is 16.2 Å². The normalized spacial score (nSPS) is 10.8. The highest BCUT2D eigenvalue weighted by Crippen LogP contribution is 2.15. The zero-order chi connectivity index (χ0) is 10.3. The van der Waals surface area contributed by atoms with Crippen LogP contribution in [0.4, 0.5) is 8.78 Å². The van der Waals surface area contributed by atoms with Crippen LogP contribution in [-0.4, -0.2) is 9.97 Å². The molecule has 0 fully saturated rings. The SMILES string of the molecule is O=c1[nH]c(Cl)nc2c(F)cc(F)cc12. The minimum Gasteiger partial charge on any atom is -0.297 e. The first-order valence-electron chi connectivity index (χ1n) is 3.62. The molecule has 14 heavy (non-hydrogen) atoms. The predicted octanol–water partition coefficient (Wildman–Crippen LogP) is 1.85. The summed E-state index contributed by atoms with van der Waals surface area (Å²) in [7, 11) is 0. The van der Waals surface area contributed by atoms with Crippen LogP contribution in [0, 0.1) is 11.6 Å². The Morgan fingerprint density at radius 1 is 1.36 bits per heavy atom. The van der Waals surface area contributed by atoms with Crippen molar-refractivity contribution in [2.75, 3.05) is 0 Å². The van der Waals surface area contributed by atoms with E-state index in [4.69, 9.17) is 11.6 Å². The fourth-order valence-corrected chi connectivity index (χ4v) is 1.31. The first kappa shape index (κ1) is 9.08. The van der Waals surface area contributed by atoms with Crippen LogP contribution in [0.2, 0.25) is 5.28 Å². The maximum absolute atomic E-state index is 13.1. The summed E-state index contributed by atoms with van der Waals surface area (Å²) in [5.41, 5.74) is -0.904. The van der Waals surface area contributed by atoms with Gasteiger partial charge < -0.3 is 0 Å². The maximum atomic E-state index is 13.1. The van der Waals surface area contributed by atoms with Crippen LogP contribution in [-0.2, 0) is 0 Å². The Balaban J connectivity index is 3.02. The van der Waals surface area contributed by atoms with Crippen LogP contribution in [0.1, 0.15) is 0 Å². The van der Waals surface area contributed by atoms with Gasteiger partial charge in [-0.3, -0.25) is 9.78 Å². The van der Waals surface area contributed by atoms with E-state index < -0.39 is 17.2 Å². The number of nitrogens with zero attached hydrogens (tertiary/aromatic N) is 1. The van der Waals surface area contributed by atoms with E-state index >= 15 is 0 Å². The monoisotopic (exact) mass is 216 g/mol. The molecule has 0 amide bonds. The Bertz CT molecular complexity index is 567. The number of hydrogen-bond donors (Lipinski definition) is 1. The number of hydrogen-bond acceptors (Lipinski definition) is 2. The first-order valence-corrected chi connectivity index (χ1v) is 4.00. The molecule has 72 valence electrons. The fourth-order valence-electron chi connectivity index (χ4n) is 1.14. The predicted molar refractivity (Wildman–Crippen MR) is 47.3 cm³/mol. The molecule has 1 N–H and O–H groups in total. The zero-order valence-corrected chi connectivity index (χ0v) is 7.40. The van der Waals surface area contributed by atoms with Gasteiger partial charge in [0.2, 0.25) is 5.28 Å². The summed E-state index contributed by atoms with van der Waals surface area (Å²) in [6.45, 7) is 0. The highest BCUT2D eigenvalue weighted by atomic mass is 35.5. The van der Waals surface area contributed by atoms with Gasteiger partial charge in [0.05, 0.1) is 5.39 Å². The van der Waals surface area contributed by atoms with Crippen molar-refractivity contribution < 1.29 is 8.78 Å². The molecule has 0 unspecified atom stereocenters. The van der Waals surface area contributed by atoms with Gasteiger partial charge in [-0.25, -0.2) is 13.8 Å². The van der Waals surface area contributed by atoms with Crippen molar-refractivity contribution in [3.8, 4) is 0 Å². The average molecular weight is 217 g/mol. The number of aromatic nitrogens is 2. The van der Waals surface area contributed by atoms with Gasteiger partial charge >= 0.3 is 0 Å². The zero-order valence-electron chi connectivity index (χ0n) is 6.64. The molecule has 3 nitrogen and oxygen atoms in total. The molecule has 0 aliphatic heterocycles. The van der Waals surface area contributed by atoms with Gasteiger partial charge in [-0.05, 0) is 17.7 Å². The molecule has 0 aliphatic rings. The van der Waals surface area contributed by atoms with Crippen molar-refractivity contribution in [2.24, 2.45) is 0 Å². The minimum absolute atomic E-state index is 0.160. The van der Waals surface area contributed by atoms with Crippen LogP contribution in [0.3, 0.4) is 0 Å². The topological polar surface area (TPSA) is 45.8 Å². The third kappa shape index (κ3) is 1.35. The molecule has 1 aromatic heterocycles. The summed E-state index contributed by atoms with van der Waals surface area (Å²) < 4.78 is 25.8. The second-order valence-corrected chi connectivity index (χ2v) is 3.00. The molecule has 0 radical (unpaired) electrons. The van der Waals surface area contributed by atoms with Gasteiger partial charge in [0, 0.05) is 6.07 Å². The van der Waals surface area contributed by atoms with Crippen LogP contribution in [0.5, 0.6) is 0 Å². The van der Waals surface area contributed by atoms with Gasteiger partial charge in [-0.2, -0.15) is 0 Å². The number of rotatable bonds is 0. The molecule has 0 bridgehead atoms. The van der Waals surface area contributed by atoms with E-state index in [9.17, 15) is 13.6 Å². The van der Waals surface area contributed by atoms with Gasteiger partial charge in [0.1, 0.15) is 11.3 Å². The summed E-state index contributed by atoms with van der Waals surface area (Å²) >= 11 is 5.41. The van der Waals surface area contributed by atoms with Gasteiger partial charge in [-0.15, -0.1) is 0 Å². The molecule has 0 saturated carbocycles. The minimum atomic E-state index is -0.909. The molecule has 0 saturated heterocycles. The molecule has 0 atom stereocenters. The summed E-state index contributed by atoms with van der Waals surface area (Å²) in [6, 6.07) is 1.55. The Morgan fingerprint density at radius 3 is 2.79 bits per heavy atom. The third-order valence-electron chi connectivity index (χ3n) is 1.70. The number of aromatic amines is 1. The number of fused-ring (bicyclic) bond motifs is 1. The molecular formula is C8H3ClF2N2O. The summed E-state index contributed by atoms with van der Waals surface area (Å²) in [6.07, 6.45) is 0. The molecule has 0 aliphatic carbocycles. The number of nitrogens with one attached hydrogen (secondary N) is 1. The Hall–Kier alpha value is -1.49. The van der Waals surface area contributed by atoms with Crippen LogP contribution >= 0.6 is 11.6 Å². The highest BCUT2D eigenvalue weighted by molar-refractivity contribution is 6.28. The van der Waals surface area contributed by atoms with Crippen molar-refractivity contribution in [3.63, 3.8) is 0 Å². The van der Waals surface area contributed by atoms with E-state index in [0.29, 0.717) is 6.07 Å². The first-order chi connectivity index (χ1) is 6.58. The number of halogens is 3. The van der Waals surface area contributed by atoms with Crippen LogP contribution < -0.4 is 5.56 Å². The lowest BCUT2D eigenvalue weighted by Gasteiger charge is -1.98. The molecule has 2 rings (SSSR count). The standard InChI is InChI=1S/C8H3ClF2N2O/c9-8-12-6-4(7(14)13-8)1-3(10)2-5(6)11/h1-2H,(H,12,13,14). The van der Waals surface area contributed by atoms with Crippen molar-refractivity contribution >= 4 is 22.5 Å². The summed E-state index contributed by atoms with van der Waals surface area (Å²) in [5, 5.41) is -0.389. The van der Waals surface area contributed by atoms with Gasteiger partial charge in [-0.1, -0.05) is 0 Å². The Kier molecular flexibility index (Phi) is 1.96. The van der Waals surface area contributed by atoms with Crippen LogP contribution in [0.15, 0.2) is 16.9 Å². The van der Waals surface area contributed by atoms with E-state index in [0.717, 1.165) is 6.07 Å². The highest BCUT2D eigenvalue weighted by Gasteiger charge is 2.09. The van der Waals surface area contributed by atoms with Crippen molar-refractivity contribution in [1.82, 2.24) is 9.97 Å². The quantitative estimate of drug-likeness (QED) is 0.683. The molecule has 0 spiro atoms. The average Bonchev–Trinajstić information content (AvgIpc) is 2.07. The molecule has 1 aromatic carbocycles. The Morgan fingerprint density at radius 2 is 2.07 bits per heavy atom. The van der Waals surface area contributed by atoms with Crippen molar-refractivity contribution in [3.05, 3.63) is 39.4 Å². The largest absolute Gasteiger partial charge is 0.297 e. The molecular weight excluding hydrogens is 214 g/mol. The molecule has 6 heteroatoms. The smallest absolute Gasteiger partial charge is 0.259 e. The van der Waals surface area contributed by atoms with E-state index in [1.807, 2.05) is 0 Å². The summed E-state index contributed by atoms with van der Waals surface area (Å²) in [4.78, 5) is 16.9. The number of benzene rings is 1. The number of H-pyrrole nitrogens is 1. The maximum Gasteiger partial charge on any atom is 0.259 e. The lowest BCUT2D eigenvalue weighted by atomic mass is 10.2. The summed E-state index contributed by atoms with van der Waals surface area (Å²) in [5.74, 6) is -1.74. The molecule has 1 heterocycles. The Labute approximate surface area is 81.3 Å². The lowest BCUT2D eigenvalue weighted by molar-refractivity contribution is 0.590. The third-order valence-corrected chi connectivity index (χ3v) is 1.88. The second-order valence-electron chi connectivity index (χ2n) is 2.64. The van der Waals surface area contributed by atoms with Crippen molar-refractivity contribution in [2.45, 2.75) is 0 Å². The second kappa shape index (κ2) is 3.02. The fraction of sp³-hybridized carbons (Fsp3) is 0.